The number of aromatic nitrogens is 1. The van der Waals surface area contributed by atoms with E-state index < -0.39 is 29.1 Å². The maximum absolute atomic E-state index is 14.4. The number of nitrogens with zero attached hydrogens (tertiary/aromatic N) is 2. The van der Waals surface area contributed by atoms with Crippen molar-refractivity contribution in [2.45, 2.75) is 12.0 Å². The third-order valence-electron chi connectivity index (χ3n) is 4.55. The lowest BCUT2D eigenvalue weighted by Crippen LogP contribution is -2.37. The summed E-state index contributed by atoms with van der Waals surface area (Å²) in [5.74, 6) is 1.49. The first-order chi connectivity index (χ1) is 13.7. The van der Waals surface area contributed by atoms with Crippen molar-refractivity contribution in [3.05, 3.63) is 47.2 Å². The van der Waals surface area contributed by atoms with Gasteiger partial charge in [-0.1, -0.05) is 11.8 Å². The molecule has 0 unspecified atom stereocenters. The van der Waals surface area contributed by atoms with Gasteiger partial charge in [-0.05, 0) is 18.2 Å². The topological polar surface area (TPSA) is 106 Å². The van der Waals surface area contributed by atoms with Gasteiger partial charge in [-0.25, -0.2) is 18.6 Å². The van der Waals surface area contributed by atoms with E-state index in [1.54, 1.807) is 0 Å². The SMILES string of the molecule is COC(=O)c1nc(-c2cc(C#C[C@]3(O)CCN(C)C3=O)c(F)cc2F)ccc1N. The van der Waals surface area contributed by atoms with Gasteiger partial charge in [-0.2, -0.15) is 0 Å². The van der Waals surface area contributed by atoms with Crippen LogP contribution in [0.4, 0.5) is 14.5 Å². The van der Waals surface area contributed by atoms with E-state index >= 15 is 0 Å². The van der Waals surface area contributed by atoms with Crippen LogP contribution in [0.5, 0.6) is 0 Å². The number of likely N-dealkylation sites (tertiary alicyclic amines) is 1. The molecule has 150 valence electrons. The van der Waals surface area contributed by atoms with Crippen LogP contribution in [0, 0.1) is 23.5 Å². The number of likely N-dealkylation sites (N-methyl/N-ethyl adjacent to an activating group) is 1. The molecule has 1 aliphatic heterocycles. The number of nitrogens with two attached hydrogens (primary N) is 1. The first-order valence-corrected chi connectivity index (χ1v) is 8.51. The molecule has 1 saturated heterocycles. The Labute approximate surface area is 165 Å². The average molecular weight is 401 g/mol. The van der Waals surface area contributed by atoms with Crippen molar-refractivity contribution in [1.29, 1.82) is 0 Å². The maximum Gasteiger partial charge on any atom is 0.358 e. The standard InChI is InChI=1S/C20H17F2N3O4/c1-25-8-7-20(28,19(25)27)6-5-11-9-12(14(22)10-13(11)21)16-4-3-15(23)17(24-16)18(26)29-2/h3-4,9-10,28H,7-8,23H2,1-2H3/t20-/m0/s1. The van der Waals surface area contributed by atoms with Crippen LogP contribution in [-0.2, 0) is 9.53 Å². The van der Waals surface area contributed by atoms with Crippen molar-refractivity contribution in [2.75, 3.05) is 26.4 Å². The van der Waals surface area contributed by atoms with Crippen LogP contribution in [-0.4, -0.2) is 53.2 Å². The fourth-order valence-electron chi connectivity index (χ4n) is 2.86. The molecule has 0 radical (unpaired) electrons. The van der Waals surface area contributed by atoms with Crippen molar-refractivity contribution in [2.24, 2.45) is 0 Å². The highest BCUT2D eigenvalue weighted by atomic mass is 19.1. The van der Waals surface area contributed by atoms with Crippen molar-refractivity contribution in [1.82, 2.24) is 9.88 Å². The monoisotopic (exact) mass is 401 g/mol. The summed E-state index contributed by atoms with van der Waals surface area (Å²) < 4.78 is 33.2. The average Bonchev–Trinajstić information content (AvgIpc) is 2.95. The molecule has 0 bridgehead atoms. The molecule has 29 heavy (non-hydrogen) atoms. The zero-order valence-electron chi connectivity index (χ0n) is 15.6. The molecule has 0 aliphatic carbocycles. The zero-order chi connectivity index (χ0) is 21.3. The van der Waals surface area contributed by atoms with Crippen LogP contribution in [0.3, 0.4) is 0 Å². The van der Waals surface area contributed by atoms with Gasteiger partial charge in [-0.15, -0.1) is 0 Å². The van der Waals surface area contributed by atoms with E-state index in [4.69, 9.17) is 5.73 Å². The van der Waals surface area contributed by atoms with E-state index in [9.17, 15) is 23.5 Å². The van der Waals surface area contributed by atoms with Gasteiger partial charge in [0, 0.05) is 31.6 Å². The molecule has 1 aliphatic rings. The number of benzene rings is 1. The van der Waals surface area contributed by atoms with E-state index in [1.807, 2.05) is 0 Å². The van der Waals surface area contributed by atoms with Gasteiger partial charge in [0.15, 0.2) is 5.69 Å². The molecule has 1 amide bonds. The normalized spacial score (nSPS) is 18.4. The molecule has 3 rings (SSSR count). The third-order valence-corrected chi connectivity index (χ3v) is 4.55. The summed E-state index contributed by atoms with van der Waals surface area (Å²) in [4.78, 5) is 29.1. The summed E-state index contributed by atoms with van der Waals surface area (Å²) in [5, 5.41) is 10.3. The lowest BCUT2D eigenvalue weighted by molar-refractivity contribution is -0.137. The summed E-state index contributed by atoms with van der Waals surface area (Å²) in [6.45, 7) is 0.312. The Kier molecular flexibility index (Phi) is 5.22. The van der Waals surface area contributed by atoms with Crippen LogP contribution in [0.2, 0.25) is 0 Å². The molecule has 0 saturated carbocycles. The van der Waals surface area contributed by atoms with Gasteiger partial charge in [0.25, 0.3) is 5.91 Å². The smallest absolute Gasteiger partial charge is 0.358 e. The number of pyridine rings is 1. The Bertz CT molecular complexity index is 1080. The summed E-state index contributed by atoms with van der Waals surface area (Å²) in [6, 6.07) is 4.41. The number of halogens is 2. The van der Waals surface area contributed by atoms with E-state index in [2.05, 4.69) is 21.6 Å². The molecule has 7 nitrogen and oxygen atoms in total. The van der Waals surface area contributed by atoms with Crippen LogP contribution in [0.15, 0.2) is 24.3 Å². The summed E-state index contributed by atoms with van der Waals surface area (Å²) in [5.41, 5.74) is 3.22. The van der Waals surface area contributed by atoms with Crippen LogP contribution >= 0.6 is 0 Å². The number of carbonyl (C=O) groups excluding carboxylic acids is 2. The highest BCUT2D eigenvalue weighted by Crippen LogP contribution is 2.27. The Morgan fingerprint density at radius 2 is 2.07 bits per heavy atom. The number of aliphatic hydroxyl groups is 1. The molecule has 2 heterocycles. The Hall–Kier alpha value is -3.51. The lowest BCUT2D eigenvalue weighted by Gasteiger charge is -2.13. The number of nitrogen functional groups attached to an aromatic ring is 1. The number of methoxy groups -OCH3 is 1. The number of rotatable bonds is 2. The summed E-state index contributed by atoms with van der Waals surface area (Å²) in [6.07, 6.45) is 0.0764. The van der Waals surface area contributed by atoms with Crippen molar-refractivity contribution in [3.63, 3.8) is 0 Å². The van der Waals surface area contributed by atoms with Crippen molar-refractivity contribution in [3.8, 4) is 23.1 Å². The van der Waals surface area contributed by atoms with Crippen LogP contribution in [0.1, 0.15) is 22.5 Å². The lowest BCUT2D eigenvalue weighted by atomic mass is 10.0. The van der Waals surface area contributed by atoms with Gasteiger partial charge in [0.2, 0.25) is 5.60 Å². The van der Waals surface area contributed by atoms with E-state index in [0.29, 0.717) is 12.6 Å². The Morgan fingerprint density at radius 3 is 2.69 bits per heavy atom. The Balaban J connectivity index is 2.05. The van der Waals surface area contributed by atoms with Gasteiger partial charge < -0.3 is 20.5 Å². The number of ether oxygens (including phenoxy) is 1. The number of esters is 1. The number of carbonyl (C=O) groups is 2. The minimum atomic E-state index is -1.92. The second-order valence-corrected chi connectivity index (χ2v) is 6.52. The van der Waals surface area contributed by atoms with Gasteiger partial charge in [-0.3, -0.25) is 4.79 Å². The molecule has 1 aromatic heterocycles. The van der Waals surface area contributed by atoms with Crippen molar-refractivity contribution < 1.29 is 28.2 Å². The summed E-state index contributed by atoms with van der Waals surface area (Å²) >= 11 is 0. The quantitative estimate of drug-likeness (QED) is 0.581. The van der Waals surface area contributed by atoms with E-state index in [1.165, 1.54) is 24.1 Å². The minimum absolute atomic E-state index is 0.00976. The maximum atomic E-state index is 14.4. The number of hydrogen-bond acceptors (Lipinski definition) is 6. The molecule has 1 atom stereocenters. The third kappa shape index (κ3) is 3.75. The first kappa shape index (κ1) is 20.2. The molecule has 3 N–H and O–H groups in total. The number of amides is 1. The molecule has 2 aromatic rings. The number of anilines is 1. The fourth-order valence-corrected chi connectivity index (χ4v) is 2.86. The van der Waals surface area contributed by atoms with E-state index in [-0.39, 0.29) is 34.6 Å². The Morgan fingerprint density at radius 1 is 1.34 bits per heavy atom. The molecule has 1 fully saturated rings. The molecular formula is C20H17F2N3O4. The highest BCUT2D eigenvalue weighted by molar-refractivity contribution is 5.93. The molecule has 1 aromatic carbocycles. The summed E-state index contributed by atoms with van der Waals surface area (Å²) in [7, 11) is 2.67. The molecular weight excluding hydrogens is 384 g/mol. The highest BCUT2D eigenvalue weighted by Gasteiger charge is 2.42. The predicted octanol–water partition coefficient (Wildman–Crippen LogP) is 1.34. The van der Waals surface area contributed by atoms with Gasteiger partial charge in [0.05, 0.1) is 24.1 Å². The second-order valence-electron chi connectivity index (χ2n) is 6.52. The second kappa shape index (κ2) is 7.48. The van der Waals surface area contributed by atoms with Crippen molar-refractivity contribution >= 4 is 17.6 Å². The van der Waals surface area contributed by atoms with Gasteiger partial charge in [0.1, 0.15) is 11.6 Å². The largest absolute Gasteiger partial charge is 0.464 e. The van der Waals surface area contributed by atoms with Crippen LogP contribution < -0.4 is 5.73 Å². The van der Waals surface area contributed by atoms with Gasteiger partial charge >= 0.3 is 5.97 Å². The number of hydrogen-bond donors (Lipinski definition) is 2. The minimum Gasteiger partial charge on any atom is -0.464 e. The molecule has 0 spiro atoms. The van der Waals surface area contributed by atoms with E-state index in [0.717, 1.165) is 13.2 Å². The molecule has 9 heteroatoms. The predicted molar refractivity (Wildman–Crippen MR) is 99.4 cm³/mol. The van der Waals surface area contributed by atoms with Crippen LogP contribution in [0.25, 0.3) is 11.3 Å². The zero-order valence-corrected chi connectivity index (χ0v) is 15.6. The fraction of sp³-hybridized carbons (Fsp3) is 0.250. The first-order valence-electron chi connectivity index (χ1n) is 8.51.